The third-order valence-corrected chi connectivity index (χ3v) is 8.15. The maximum atomic E-state index is 11.6. The van der Waals surface area contributed by atoms with Crippen LogP contribution in [0.5, 0.6) is 11.5 Å². The minimum atomic E-state index is -0.461. The van der Waals surface area contributed by atoms with Gasteiger partial charge in [0.05, 0.1) is 23.1 Å². The monoisotopic (exact) mass is 612 g/mol. The molecule has 0 saturated carbocycles. The summed E-state index contributed by atoms with van der Waals surface area (Å²) >= 11 is 0. The molecule has 2 aromatic carbocycles. The summed E-state index contributed by atoms with van der Waals surface area (Å²) in [4.78, 5) is 22.3. The lowest BCUT2D eigenvalue weighted by Gasteiger charge is -2.16. The molecule has 0 amide bonds. The topological polar surface area (TPSA) is 105 Å². The van der Waals surface area contributed by atoms with E-state index in [-0.39, 0.29) is 11.4 Å². The van der Waals surface area contributed by atoms with Crippen molar-refractivity contribution in [2.75, 3.05) is 13.2 Å². The van der Waals surface area contributed by atoms with Gasteiger partial charge in [0.25, 0.3) is 11.4 Å². The van der Waals surface area contributed by atoms with Gasteiger partial charge in [-0.25, -0.2) is 0 Å². The standard InChI is InChI=1S/C36H56N2O6/c1-3-5-7-9-11-13-15-17-19-21-27-43-35-25-23-31(37(39)40)29-33(35)34-30-32(38(41)42)24-26-36(34)44-28-22-20-18-16-14-12-10-8-6-4-2/h23-26,29-30H,3-22,27-28H2,1-2H3. The fraction of sp³-hybridized carbons (Fsp3) is 0.667. The first kappa shape index (κ1) is 37.0. The second-order valence-corrected chi connectivity index (χ2v) is 11.9. The summed E-state index contributed by atoms with van der Waals surface area (Å²) in [6.07, 6.45) is 24.3. The number of hydrogen-bond donors (Lipinski definition) is 0. The van der Waals surface area contributed by atoms with Crippen molar-refractivity contribution in [1.82, 2.24) is 0 Å². The summed E-state index contributed by atoms with van der Waals surface area (Å²) in [6.45, 7) is 5.42. The summed E-state index contributed by atoms with van der Waals surface area (Å²) in [7, 11) is 0. The van der Waals surface area contributed by atoms with Gasteiger partial charge in [0.2, 0.25) is 0 Å². The molecule has 0 unspecified atom stereocenters. The van der Waals surface area contributed by atoms with Crippen molar-refractivity contribution < 1.29 is 19.3 Å². The van der Waals surface area contributed by atoms with Crippen LogP contribution in [0.4, 0.5) is 11.4 Å². The van der Waals surface area contributed by atoms with E-state index in [9.17, 15) is 20.2 Å². The van der Waals surface area contributed by atoms with Crippen molar-refractivity contribution in [3.8, 4) is 22.6 Å². The Bertz CT molecular complexity index is 1000. The Labute approximate surface area is 265 Å². The highest BCUT2D eigenvalue weighted by Gasteiger charge is 2.20. The number of nitrogens with zero attached hydrogens (tertiary/aromatic N) is 2. The molecule has 2 rings (SSSR count). The van der Waals surface area contributed by atoms with Crippen LogP contribution in [0, 0.1) is 20.2 Å². The lowest BCUT2D eigenvalue weighted by atomic mass is 10.0. The lowest BCUT2D eigenvalue weighted by molar-refractivity contribution is -0.385. The third-order valence-electron chi connectivity index (χ3n) is 8.15. The van der Waals surface area contributed by atoms with E-state index in [4.69, 9.17) is 9.47 Å². The summed E-state index contributed by atoms with van der Waals surface area (Å²) in [5.41, 5.74) is 0.679. The Morgan fingerprint density at radius 3 is 1.07 bits per heavy atom. The molecule has 0 saturated heterocycles. The third kappa shape index (κ3) is 15.0. The average molecular weight is 613 g/mol. The van der Waals surface area contributed by atoms with Gasteiger partial charge in [-0.15, -0.1) is 0 Å². The second kappa shape index (κ2) is 23.3. The van der Waals surface area contributed by atoms with Crippen LogP contribution in [-0.4, -0.2) is 23.1 Å². The second-order valence-electron chi connectivity index (χ2n) is 11.9. The van der Waals surface area contributed by atoms with Gasteiger partial charge in [0.1, 0.15) is 11.5 Å². The maximum absolute atomic E-state index is 11.6. The van der Waals surface area contributed by atoms with Gasteiger partial charge in [-0.2, -0.15) is 0 Å². The van der Waals surface area contributed by atoms with Crippen molar-refractivity contribution in [1.29, 1.82) is 0 Å². The average Bonchev–Trinajstić information content (AvgIpc) is 3.02. The predicted octanol–water partition coefficient (Wildman–Crippen LogP) is 11.8. The van der Waals surface area contributed by atoms with Crippen molar-refractivity contribution in [3.05, 3.63) is 56.6 Å². The molecule has 0 aliphatic rings. The van der Waals surface area contributed by atoms with Crippen LogP contribution < -0.4 is 9.47 Å². The van der Waals surface area contributed by atoms with E-state index in [2.05, 4.69) is 13.8 Å². The van der Waals surface area contributed by atoms with Gasteiger partial charge in [-0.05, 0) is 25.0 Å². The van der Waals surface area contributed by atoms with Gasteiger partial charge in [-0.1, -0.05) is 129 Å². The van der Waals surface area contributed by atoms with Gasteiger partial charge >= 0.3 is 0 Å². The molecule has 8 nitrogen and oxygen atoms in total. The van der Waals surface area contributed by atoms with Crippen LogP contribution in [0.25, 0.3) is 11.1 Å². The molecule has 0 atom stereocenters. The molecular formula is C36H56N2O6. The van der Waals surface area contributed by atoms with Crippen molar-refractivity contribution in [2.45, 2.75) is 142 Å². The Morgan fingerprint density at radius 1 is 0.477 bits per heavy atom. The maximum Gasteiger partial charge on any atom is 0.270 e. The number of nitro groups is 2. The number of hydrogen-bond acceptors (Lipinski definition) is 6. The van der Waals surface area contributed by atoms with Gasteiger partial charge < -0.3 is 9.47 Å². The largest absolute Gasteiger partial charge is 0.493 e. The molecule has 0 aliphatic heterocycles. The first-order valence-electron chi connectivity index (χ1n) is 17.3. The zero-order valence-electron chi connectivity index (χ0n) is 27.4. The van der Waals surface area contributed by atoms with E-state index < -0.39 is 9.85 Å². The molecule has 0 N–H and O–H groups in total. The van der Waals surface area contributed by atoms with Crippen LogP contribution in [0.15, 0.2) is 36.4 Å². The zero-order valence-corrected chi connectivity index (χ0v) is 27.4. The Morgan fingerprint density at radius 2 is 0.773 bits per heavy atom. The minimum Gasteiger partial charge on any atom is -0.493 e. The number of non-ortho nitro benzene ring substituents is 2. The Balaban J connectivity index is 1.97. The molecule has 0 aromatic heterocycles. The molecule has 246 valence electrons. The van der Waals surface area contributed by atoms with Crippen molar-refractivity contribution in [2.24, 2.45) is 0 Å². The minimum absolute atomic E-state index is 0.0987. The number of unbranched alkanes of at least 4 members (excludes halogenated alkanes) is 18. The van der Waals surface area contributed by atoms with E-state index >= 15 is 0 Å². The fourth-order valence-corrected chi connectivity index (χ4v) is 5.48. The van der Waals surface area contributed by atoms with Gasteiger partial charge in [0, 0.05) is 35.4 Å². The highest BCUT2D eigenvalue weighted by molar-refractivity contribution is 5.79. The van der Waals surface area contributed by atoms with E-state index in [1.165, 1.54) is 114 Å². The van der Waals surface area contributed by atoms with Gasteiger partial charge in [-0.3, -0.25) is 20.2 Å². The van der Waals surface area contributed by atoms with Crippen LogP contribution in [0.1, 0.15) is 142 Å². The van der Waals surface area contributed by atoms with Crippen LogP contribution >= 0.6 is 0 Å². The van der Waals surface area contributed by atoms with E-state index in [0.29, 0.717) is 35.8 Å². The quantitative estimate of drug-likeness (QED) is 0.0564. The number of nitro benzene ring substituents is 2. The number of benzene rings is 2. The summed E-state index contributed by atoms with van der Waals surface area (Å²) < 4.78 is 12.2. The number of rotatable bonds is 27. The first-order chi connectivity index (χ1) is 21.5. The summed E-state index contributed by atoms with van der Waals surface area (Å²) in [5, 5.41) is 23.2. The predicted molar refractivity (Wildman–Crippen MR) is 180 cm³/mol. The van der Waals surface area contributed by atoms with Crippen molar-refractivity contribution in [3.63, 3.8) is 0 Å². The molecule has 44 heavy (non-hydrogen) atoms. The molecule has 0 radical (unpaired) electrons. The fourth-order valence-electron chi connectivity index (χ4n) is 5.48. The van der Waals surface area contributed by atoms with Crippen LogP contribution in [0.3, 0.4) is 0 Å². The molecular weight excluding hydrogens is 556 g/mol. The Kier molecular flexibility index (Phi) is 19.6. The smallest absolute Gasteiger partial charge is 0.270 e. The summed E-state index contributed by atoms with van der Waals surface area (Å²) in [6, 6.07) is 8.88. The Hall–Kier alpha value is -3.16. The molecule has 0 spiro atoms. The molecule has 2 aromatic rings. The normalized spacial score (nSPS) is 11.0. The summed E-state index contributed by atoms with van der Waals surface area (Å²) in [5.74, 6) is 0.937. The molecule has 0 aliphatic carbocycles. The van der Waals surface area contributed by atoms with E-state index in [1.54, 1.807) is 12.1 Å². The molecule has 0 bridgehead atoms. The SMILES string of the molecule is CCCCCCCCCCCCOc1ccc([N+](=O)[O-])cc1-c1cc([N+](=O)[O-])ccc1OCCCCCCCCCCCC. The van der Waals surface area contributed by atoms with Crippen LogP contribution in [0.2, 0.25) is 0 Å². The molecule has 0 fully saturated rings. The molecule has 0 heterocycles. The van der Waals surface area contributed by atoms with E-state index in [0.717, 1.165) is 38.5 Å². The lowest BCUT2D eigenvalue weighted by Crippen LogP contribution is -2.03. The highest BCUT2D eigenvalue weighted by atomic mass is 16.6. The zero-order chi connectivity index (χ0) is 31.8. The highest BCUT2D eigenvalue weighted by Crippen LogP contribution is 2.41. The van der Waals surface area contributed by atoms with E-state index in [1.807, 2.05) is 0 Å². The van der Waals surface area contributed by atoms with Crippen molar-refractivity contribution >= 4 is 11.4 Å². The first-order valence-corrected chi connectivity index (χ1v) is 17.3. The number of ether oxygens (including phenoxy) is 2. The molecule has 8 heteroatoms. The van der Waals surface area contributed by atoms with Gasteiger partial charge in [0.15, 0.2) is 0 Å². The van der Waals surface area contributed by atoms with Crippen LogP contribution in [-0.2, 0) is 0 Å².